The zero-order valence-electron chi connectivity index (χ0n) is 23.7. The molecule has 4 nitrogen and oxygen atoms in total. The maximum absolute atomic E-state index is 11.6. The first-order valence-corrected chi connectivity index (χ1v) is 15.5. The van der Waals surface area contributed by atoms with Crippen LogP contribution in [0.2, 0.25) is 0 Å². The van der Waals surface area contributed by atoms with Crippen LogP contribution < -0.4 is 0 Å². The first-order chi connectivity index (χ1) is 17.2. The second kappa shape index (κ2) is 29.2. The summed E-state index contributed by atoms with van der Waals surface area (Å²) in [5.74, 6) is -0.0127. The van der Waals surface area contributed by atoms with Gasteiger partial charge in [0.25, 0.3) is 0 Å². The van der Waals surface area contributed by atoms with Gasteiger partial charge in [0.15, 0.2) is 0 Å². The van der Waals surface area contributed by atoms with Gasteiger partial charge in [0.1, 0.15) is 0 Å². The van der Waals surface area contributed by atoms with E-state index < -0.39 is 0 Å². The van der Waals surface area contributed by atoms with E-state index in [2.05, 4.69) is 13.8 Å². The van der Waals surface area contributed by atoms with E-state index >= 15 is 0 Å². The largest absolute Gasteiger partial charge is 0.466 e. The minimum Gasteiger partial charge on any atom is -0.466 e. The Labute approximate surface area is 218 Å². The molecule has 35 heavy (non-hydrogen) atoms. The number of rotatable bonds is 28. The fourth-order valence-electron chi connectivity index (χ4n) is 4.41. The molecule has 0 aromatic heterocycles. The molecule has 0 spiro atoms. The molecule has 0 unspecified atom stereocenters. The van der Waals surface area contributed by atoms with E-state index in [1.54, 1.807) is 0 Å². The Morgan fingerprint density at radius 2 is 0.629 bits per heavy atom. The number of hydrogen-bond acceptors (Lipinski definition) is 4. The topological polar surface area (TPSA) is 52.6 Å². The van der Waals surface area contributed by atoms with Crippen molar-refractivity contribution in [3.05, 3.63) is 0 Å². The predicted molar refractivity (Wildman–Crippen MR) is 149 cm³/mol. The summed E-state index contributed by atoms with van der Waals surface area (Å²) in [5, 5.41) is 0. The maximum Gasteiger partial charge on any atom is 0.305 e. The summed E-state index contributed by atoms with van der Waals surface area (Å²) >= 11 is 0. The van der Waals surface area contributed by atoms with Crippen molar-refractivity contribution in [1.82, 2.24) is 0 Å². The van der Waals surface area contributed by atoms with Crippen LogP contribution in [0.15, 0.2) is 0 Å². The van der Waals surface area contributed by atoms with Crippen LogP contribution in [0, 0.1) is 0 Å². The third kappa shape index (κ3) is 29.1. The van der Waals surface area contributed by atoms with E-state index in [4.69, 9.17) is 9.47 Å². The van der Waals surface area contributed by atoms with Gasteiger partial charge in [-0.3, -0.25) is 9.59 Å². The van der Waals surface area contributed by atoms with Crippen LogP contribution in [0.1, 0.15) is 174 Å². The van der Waals surface area contributed by atoms with Crippen molar-refractivity contribution in [2.75, 3.05) is 13.2 Å². The van der Waals surface area contributed by atoms with Gasteiger partial charge >= 0.3 is 11.9 Å². The number of esters is 2. The van der Waals surface area contributed by atoms with Crippen molar-refractivity contribution >= 4 is 11.9 Å². The zero-order valence-corrected chi connectivity index (χ0v) is 23.7. The van der Waals surface area contributed by atoms with Crippen molar-refractivity contribution in [2.24, 2.45) is 0 Å². The molecule has 0 aliphatic rings. The minimum atomic E-state index is -0.00636. The summed E-state index contributed by atoms with van der Waals surface area (Å²) in [6.07, 6.45) is 29.6. The maximum atomic E-state index is 11.6. The second-order valence-corrected chi connectivity index (χ2v) is 10.4. The first-order valence-electron chi connectivity index (χ1n) is 15.5. The molecule has 4 heteroatoms. The molecular weight excluding hydrogens is 436 g/mol. The molecule has 0 aromatic carbocycles. The van der Waals surface area contributed by atoms with Gasteiger partial charge < -0.3 is 9.47 Å². The molecule has 0 aromatic rings. The quantitative estimate of drug-likeness (QED) is 0.0798. The lowest BCUT2D eigenvalue weighted by molar-refractivity contribution is -0.144. The Kier molecular flexibility index (Phi) is 28.3. The van der Waals surface area contributed by atoms with Crippen LogP contribution >= 0.6 is 0 Å². The van der Waals surface area contributed by atoms with Crippen molar-refractivity contribution in [3.8, 4) is 0 Å². The van der Waals surface area contributed by atoms with Crippen LogP contribution in [-0.2, 0) is 19.1 Å². The van der Waals surface area contributed by atoms with E-state index in [0.29, 0.717) is 26.1 Å². The monoisotopic (exact) mass is 496 g/mol. The molecule has 0 radical (unpaired) electrons. The standard InChI is InChI=1S/C31H60O4/c1-3-5-24-28-34-30(32)26-22-20-18-16-14-12-10-8-7-9-11-13-15-17-19-21-23-27-31(33)35-29-25-6-4-2/h3-29H2,1-2H3. The number of ether oxygens (including phenoxy) is 2. The highest BCUT2D eigenvalue weighted by atomic mass is 16.5. The average molecular weight is 497 g/mol. The summed E-state index contributed by atoms with van der Waals surface area (Å²) in [7, 11) is 0. The highest BCUT2D eigenvalue weighted by molar-refractivity contribution is 5.69. The summed E-state index contributed by atoms with van der Waals surface area (Å²) in [6.45, 7) is 5.53. The molecular formula is C31H60O4. The molecule has 0 rings (SSSR count). The van der Waals surface area contributed by atoms with E-state index in [1.807, 2.05) is 0 Å². The molecule has 208 valence electrons. The SMILES string of the molecule is CCCCCOC(=O)CCCCCCCCCCCCCCCCCCCC(=O)OCCCCC. The lowest BCUT2D eigenvalue weighted by atomic mass is 10.0. The summed E-state index contributed by atoms with van der Waals surface area (Å²) in [4.78, 5) is 23.2. The normalized spacial score (nSPS) is 11.0. The second-order valence-electron chi connectivity index (χ2n) is 10.4. The zero-order chi connectivity index (χ0) is 25.7. The molecule has 0 fully saturated rings. The first kappa shape index (κ1) is 33.9. The van der Waals surface area contributed by atoms with Gasteiger partial charge in [-0.15, -0.1) is 0 Å². The molecule has 0 amide bonds. The number of unbranched alkanes of at least 4 members (excludes halogenated alkanes) is 20. The van der Waals surface area contributed by atoms with Crippen LogP contribution in [0.25, 0.3) is 0 Å². The molecule has 0 aliphatic carbocycles. The van der Waals surface area contributed by atoms with Gasteiger partial charge in [-0.2, -0.15) is 0 Å². The van der Waals surface area contributed by atoms with Gasteiger partial charge in [0.05, 0.1) is 13.2 Å². The van der Waals surface area contributed by atoms with Crippen molar-refractivity contribution in [2.45, 2.75) is 174 Å². The fraction of sp³-hybridized carbons (Fsp3) is 0.935. The van der Waals surface area contributed by atoms with Crippen molar-refractivity contribution in [1.29, 1.82) is 0 Å². The fourth-order valence-corrected chi connectivity index (χ4v) is 4.41. The number of hydrogen-bond donors (Lipinski definition) is 0. The molecule has 0 saturated heterocycles. The van der Waals surface area contributed by atoms with Gasteiger partial charge in [-0.05, 0) is 25.7 Å². The Bertz CT molecular complexity index is 409. The van der Waals surface area contributed by atoms with E-state index in [9.17, 15) is 9.59 Å². The predicted octanol–water partition coefficient (Wildman–Crippen LogP) is 9.87. The lowest BCUT2D eigenvalue weighted by Crippen LogP contribution is -2.05. The third-order valence-corrected chi connectivity index (χ3v) is 6.78. The Balaban J connectivity index is 3.14. The van der Waals surface area contributed by atoms with Gasteiger partial charge in [-0.25, -0.2) is 0 Å². The summed E-state index contributed by atoms with van der Waals surface area (Å²) in [5.41, 5.74) is 0. The summed E-state index contributed by atoms with van der Waals surface area (Å²) < 4.78 is 10.5. The van der Waals surface area contributed by atoms with Gasteiger partial charge in [-0.1, -0.05) is 136 Å². The van der Waals surface area contributed by atoms with Crippen molar-refractivity contribution < 1.29 is 19.1 Å². The highest BCUT2D eigenvalue weighted by Gasteiger charge is 2.03. The number of carbonyl (C=O) groups is 2. The molecule has 0 atom stereocenters. The van der Waals surface area contributed by atoms with Crippen LogP contribution in [0.4, 0.5) is 0 Å². The molecule has 0 bridgehead atoms. The Morgan fingerprint density at radius 1 is 0.371 bits per heavy atom. The van der Waals surface area contributed by atoms with Crippen molar-refractivity contribution in [3.63, 3.8) is 0 Å². The Morgan fingerprint density at radius 3 is 0.886 bits per heavy atom. The molecule has 0 N–H and O–H groups in total. The highest BCUT2D eigenvalue weighted by Crippen LogP contribution is 2.15. The molecule has 0 saturated carbocycles. The third-order valence-electron chi connectivity index (χ3n) is 6.78. The summed E-state index contributed by atoms with van der Waals surface area (Å²) in [6, 6.07) is 0. The molecule has 0 heterocycles. The van der Waals surface area contributed by atoms with Crippen LogP contribution in [0.3, 0.4) is 0 Å². The van der Waals surface area contributed by atoms with Gasteiger partial charge in [0, 0.05) is 12.8 Å². The van der Waals surface area contributed by atoms with Crippen LogP contribution in [0.5, 0.6) is 0 Å². The van der Waals surface area contributed by atoms with E-state index in [-0.39, 0.29) is 11.9 Å². The van der Waals surface area contributed by atoms with Crippen LogP contribution in [-0.4, -0.2) is 25.2 Å². The van der Waals surface area contributed by atoms with Gasteiger partial charge in [0.2, 0.25) is 0 Å². The molecule has 0 aliphatic heterocycles. The smallest absolute Gasteiger partial charge is 0.305 e. The van der Waals surface area contributed by atoms with E-state index in [0.717, 1.165) is 51.4 Å². The minimum absolute atomic E-state index is 0.00636. The average Bonchev–Trinajstić information content (AvgIpc) is 2.86. The van der Waals surface area contributed by atoms with E-state index in [1.165, 1.54) is 96.3 Å². The lowest BCUT2D eigenvalue weighted by Gasteiger charge is -2.05. The Hall–Kier alpha value is -1.06. The number of carbonyl (C=O) groups excluding carboxylic acids is 2.